The first-order chi connectivity index (χ1) is 7.33. The van der Waals surface area contributed by atoms with Crippen molar-refractivity contribution in [2.45, 2.75) is 6.42 Å². The lowest BCUT2D eigenvalue weighted by Gasteiger charge is -2.07. The molecule has 2 aromatic carbocycles. The SMILES string of the molecule is CNCCc1cccc2c(Br)cccc12. The molecule has 0 saturated heterocycles. The lowest BCUT2D eigenvalue weighted by Crippen LogP contribution is -2.10. The number of fused-ring (bicyclic) bond motifs is 1. The number of nitrogens with one attached hydrogen (secondary N) is 1. The predicted octanol–water partition coefficient (Wildman–Crippen LogP) is 3.36. The van der Waals surface area contributed by atoms with Crippen LogP contribution in [0.5, 0.6) is 0 Å². The Balaban J connectivity index is 2.51. The van der Waals surface area contributed by atoms with Gasteiger partial charge < -0.3 is 5.32 Å². The molecule has 0 fully saturated rings. The summed E-state index contributed by atoms with van der Waals surface area (Å²) in [5, 5.41) is 5.83. The number of hydrogen-bond acceptors (Lipinski definition) is 1. The summed E-state index contributed by atoms with van der Waals surface area (Å²) >= 11 is 3.58. The summed E-state index contributed by atoms with van der Waals surface area (Å²) in [6.45, 7) is 1.02. The fourth-order valence-electron chi connectivity index (χ4n) is 1.81. The van der Waals surface area contributed by atoms with Gasteiger partial charge in [-0.3, -0.25) is 0 Å². The molecule has 2 rings (SSSR count). The highest BCUT2D eigenvalue weighted by Gasteiger charge is 2.02. The maximum atomic E-state index is 3.58. The Morgan fingerprint density at radius 1 is 1.07 bits per heavy atom. The van der Waals surface area contributed by atoms with Crippen LogP contribution in [0.4, 0.5) is 0 Å². The van der Waals surface area contributed by atoms with E-state index in [0.717, 1.165) is 13.0 Å². The zero-order valence-electron chi connectivity index (χ0n) is 8.76. The highest BCUT2D eigenvalue weighted by molar-refractivity contribution is 9.10. The van der Waals surface area contributed by atoms with Gasteiger partial charge >= 0.3 is 0 Å². The van der Waals surface area contributed by atoms with Crippen molar-refractivity contribution in [3.8, 4) is 0 Å². The Bertz CT molecular complexity index is 465. The third-order valence-corrected chi connectivity index (χ3v) is 3.30. The standard InChI is InChI=1S/C13H14BrN/c1-15-9-8-10-4-2-6-12-11(10)5-3-7-13(12)14/h2-7,15H,8-9H2,1H3. The monoisotopic (exact) mass is 263 g/mol. The molecular formula is C13H14BrN. The lowest BCUT2D eigenvalue weighted by atomic mass is 10.0. The van der Waals surface area contributed by atoms with Gasteiger partial charge in [-0.1, -0.05) is 46.3 Å². The van der Waals surface area contributed by atoms with Crippen LogP contribution in [-0.4, -0.2) is 13.6 Å². The Morgan fingerprint density at radius 3 is 2.60 bits per heavy atom. The Hall–Kier alpha value is -0.860. The second kappa shape index (κ2) is 4.77. The molecular weight excluding hydrogens is 250 g/mol. The van der Waals surface area contributed by atoms with Crippen molar-refractivity contribution in [3.63, 3.8) is 0 Å². The van der Waals surface area contributed by atoms with Crippen molar-refractivity contribution >= 4 is 26.7 Å². The van der Waals surface area contributed by atoms with Crippen molar-refractivity contribution < 1.29 is 0 Å². The van der Waals surface area contributed by atoms with Crippen LogP contribution in [0.3, 0.4) is 0 Å². The number of likely N-dealkylation sites (N-methyl/N-ethyl adjacent to an activating group) is 1. The van der Waals surface area contributed by atoms with Gasteiger partial charge in [0.1, 0.15) is 0 Å². The quantitative estimate of drug-likeness (QED) is 0.896. The normalized spacial score (nSPS) is 10.8. The molecule has 1 nitrogen and oxygen atoms in total. The van der Waals surface area contributed by atoms with Gasteiger partial charge in [0.2, 0.25) is 0 Å². The molecule has 15 heavy (non-hydrogen) atoms. The molecule has 78 valence electrons. The van der Waals surface area contributed by atoms with E-state index in [2.05, 4.69) is 57.6 Å². The molecule has 0 heterocycles. The fraction of sp³-hybridized carbons (Fsp3) is 0.231. The predicted molar refractivity (Wildman–Crippen MR) is 69.3 cm³/mol. The highest BCUT2D eigenvalue weighted by atomic mass is 79.9. The van der Waals surface area contributed by atoms with Crippen LogP contribution in [-0.2, 0) is 6.42 Å². The van der Waals surface area contributed by atoms with Crippen LogP contribution < -0.4 is 5.32 Å². The minimum absolute atomic E-state index is 1.02. The Labute approximate surface area is 98.6 Å². The first-order valence-corrected chi connectivity index (χ1v) is 5.93. The zero-order valence-corrected chi connectivity index (χ0v) is 10.3. The first-order valence-electron chi connectivity index (χ1n) is 5.13. The van der Waals surface area contributed by atoms with E-state index in [-0.39, 0.29) is 0 Å². The largest absolute Gasteiger partial charge is 0.319 e. The average Bonchev–Trinajstić information content (AvgIpc) is 2.27. The Kier molecular flexibility index (Phi) is 3.39. The van der Waals surface area contributed by atoms with Crippen LogP contribution >= 0.6 is 15.9 Å². The van der Waals surface area contributed by atoms with E-state index in [4.69, 9.17) is 0 Å². The van der Waals surface area contributed by atoms with Crippen LogP contribution in [0, 0.1) is 0 Å². The summed E-state index contributed by atoms with van der Waals surface area (Å²) in [5.74, 6) is 0. The van der Waals surface area contributed by atoms with Crippen LogP contribution in [0.1, 0.15) is 5.56 Å². The van der Waals surface area contributed by atoms with Crippen molar-refractivity contribution in [2.24, 2.45) is 0 Å². The highest BCUT2D eigenvalue weighted by Crippen LogP contribution is 2.26. The van der Waals surface area contributed by atoms with Gasteiger partial charge in [0.05, 0.1) is 0 Å². The van der Waals surface area contributed by atoms with Gasteiger partial charge in [-0.15, -0.1) is 0 Å². The average molecular weight is 264 g/mol. The van der Waals surface area contributed by atoms with Crippen molar-refractivity contribution in [1.82, 2.24) is 5.32 Å². The van der Waals surface area contributed by atoms with E-state index in [1.54, 1.807) is 0 Å². The summed E-state index contributed by atoms with van der Waals surface area (Å²) < 4.78 is 1.17. The lowest BCUT2D eigenvalue weighted by molar-refractivity contribution is 0.795. The summed E-state index contributed by atoms with van der Waals surface area (Å²) in [7, 11) is 1.99. The van der Waals surface area contributed by atoms with E-state index in [1.807, 2.05) is 7.05 Å². The minimum atomic E-state index is 1.02. The molecule has 0 atom stereocenters. The number of rotatable bonds is 3. The molecule has 0 aliphatic carbocycles. The molecule has 0 saturated carbocycles. The zero-order chi connectivity index (χ0) is 10.7. The third kappa shape index (κ3) is 2.21. The smallest absolute Gasteiger partial charge is 0.0253 e. The molecule has 0 spiro atoms. The summed E-state index contributed by atoms with van der Waals surface area (Å²) in [6, 6.07) is 12.8. The summed E-state index contributed by atoms with van der Waals surface area (Å²) in [4.78, 5) is 0. The minimum Gasteiger partial charge on any atom is -0.319 e. The van der Waals surface area contributed by atoms with Gasteiger partial charge in [-0.2, -0.15) is 0 Å². The van der Waals surface area contributed by atoms with E-state index in [0.29, 0.717) is 0 Å². The maximum Gasteiger partial charge on any atom is 0.0253 e. The molecule has 0 unspecified atom stereocenters. The second-order valence-electron chi connectivity index (χ2n) is 3.61. The van der Waals surface area contributed by atoms with Gasteiger partial charge in [-0.25, -0.2) is 0 Å². The van der Waals surface area contributed by atoms with Crippen LogP contribution in [0.25, 0.3) is 10.8 Å². The van der Waals surface area contributed by atoms with Crippen LogP contribution in [0.2, 0.25) is 0 Å². The summed E-state index contributed by atoms with van der Waals surface area (Å²) in [5.41, 5.74) is 1.41. The topological polar surface area (TPSA) is 12.0 Å². The maximum absolute atomic E-state index is 3.58. The van der Waals surface area contributed by atoms with Crippen molar-refractivity contribution in [3.05, 3.63) is 46.4 Å². The van der Waals surface area contributed by atoms with Gasteiger partial charge in [-0.05, 0) is 42.4 Å². The molecule has 1 N–H and O–H groups in total. The van der Waals surface area contributed by atoms with Gasteiger partial charge in [0, 0.05) is 4.47 Å². The molecule has 0 aliphatic heterocycles. The van der Waals surface area contributed by atoms with Crippen molar-refractivity contribution in [1.29, 1.82) is 0 Å². The van der Waals surface area contributed by atoms with E-state index in [9.17, 15) is 0 Å². The molecule has 2 heteroatoms. The van der Waals surface area contributed by atoms with Gasteiger partial charge in [0.15, 0.2) is 0 Å². The molecule has 0 aliphatic rings. The third-order valence-electron chi connectivity index (χ3n) is 2.60. The van der Waals surface area contributed by atoms with Gasteiger partial charge in [0.25, 0.3) is 0 Å². The molecule has 0 amide bonds. The summed E-state index contributed by atoms with van der Waals surface area (Å²) in [6.07, 6.45) is 1.07. The van der Waals surface area contributed by atoms with E-state index < -0.39 is 0 Å². The van der Waals surface area contributed by atoms with Crippen LogP contribution in [0.15, 0.2) is 40.9 Å². The van der Waals surface area contributed by atoms with E-state index >= 15 is 0 Å². The Morgan fingerprint density at radius 2 is 1.80 bits per heavy atom. The molecule has 2 aromatic rings. The fourth-order valence-corrected chi connectivity index (χ4v) is 2.31. The number of benzene rings is 2. The molecule has 0 aromatic heterocycles. The van der Waals surface area contributed by atoms with E-state index in [1.165, 1.54) is 20.8 Å². The second-order valence-corrected chi connectivity index (χ2v) is 4.46. The first kappa shape index (κ1) is 10.7. The number of halogens is 1. The number of hydrogen-bond donors (Lipinski definition) is 1. The van der Waals surface area contributed by atoms with Crippen molar-refractivity contribution in [2.75, 3.05) is 13.6 Å². The molecule has 0 bridgehead atoms. The molecule has 0 radical (unpaired) electrons.